The molecule has 110 valence electrons. The molecule has 1 aromatic rings. The van der Waals surface area contributed by atoms with Gasteiger partial charge in [-0.2, -0.15) is 0 Å². The summed E-state index contributed by atoms with van der Waals surface area (Å²) >= 11 is 1.60. The molecule has 3 nitrogen and oxygen atoms in total. The van der Waals surface area contributed by atoms with Gasteiger partial charge in [-0.1, -0.05) is 13.8 Å². The van der Waals surface area contributed by atoms with Crippen LogP contribution in [-0.2, 0) is 0 Å². The Balaban J connectivity index is 1.72. The first-order valence-electron chi connectivity index (χ1n) is 7.74. The SMILES string of the molecule is CC(C)c1ccsc1C(=O)N1CC[C@@H]2CNC[C@@H]2CC1. The Hall–Kier alpha value is -0.870. The fraction of sp³-hybridized carbons (Fsp3) is 0.688. The minimum absolute atomic E-state index is 0.261. The van der Waals surface area contributed by atoms with Gasteiger partial charge in [0, 0.05) is 13.1 Å². The van der Waals surface area contributed by atoms with E-state index >= 15 is 0 Å². The maximum absolute atomic E-state index is 12.8. The monoisotopic (exact) mass is 292 g/mol. The first-order valence-corrected chi connectivity index (χ1v) is 8.62. The largest absolute Gasteiger partial charge is 0.338 e. The number of nitrogens with one attached hydrogen (secondary N) is 1. The summed E-state index contributed by atoms with van der Waals surface area (Å²) in [5.41, 5.74) is 1.21. The predicted molar refractivity (Wildman–Crippen MR) is 83.4 cm³/mol. The normalized spacial score (nSPS) is 26.6. The number of hydrogen-bond donors (Lipinski definition) is 1. The van der Waals surface area contributed by atoms with Gasteiger partial charge in [0.05, 0.1) is 4.88 Å². The number of fused-ring (bicyclic) bond motifs is 1. The van der Waals surface area contributed by atoms with Crippen LogP contribution in [0.15, 0.2) is 11.4 Å². The van der Waals surface area contributed by atoms with Crippen LogP contribution in [0, 0.1) is 11.8 Å². The van der Waals surface area contributed by atoms with E-state index in [-0.39, 0.29) is 5.91 Å². The number of thiophene rings is 1. The maximum Gasteiger partial charge on any atom is 0.264 e. The second-order valence-corrected chi connectivity index (χ2v) is 7.32. The Morgan fingerprint density at radius 3 is 2.55 bits per heavy atom. The van der Waals surface area contributed by atoms with Crippen molar-refractivity contribution < 1.29 is 4.79 Å². The molecule has 0 saturated carbocycles. The van der Waals surface area contributed by atoms with Crippen LogP contribution >= 0.6 is 11.3 Å². The summed E-state index contributed by atoms with van der Waals surface area (Å²) in [7, 11) is 0. The van der Waals surface area contributed by atoms with Gasteiger partial charge in [0.1, 0.15) is 0 Å². The van der Waals surface area contributed by atoms with Crippen LogP contribution in [0.25, 0.3) is 0 Å². The molecule has 0 aliphatic carbocycles. The van der Waals surface area contributed by atoms with E-state index in [0.717, 1.165) is 55.7 Å². The third-order valence-electron chi connectivity index (χ3n) is 4.82. The van der Waals surface area contributed by atoms with Gasteiger partial charge in [-0.05, 0) is 60.7 Å². The summed E-state index contributed by atoms with van der Waals surface area (Å²) in [5, 5.41) is 5.54. The molecule has 2 aliphatic heterocycles. The van der Waals surface area contributed by atoms with E-state index in [1.165, 1.54) is 5.56 Å². The molecule has 1 aromatic heterocycles. The Labute approximate surface area is 125 Å². The average Bonchev–Trinajstić information content (AvgIpc) is 3.04. The van der Waals surface area contributed by atoms with Gasteiger partial charge < -0.3 is 10.2 Å². The quantitative estimate of drug-likeness (QED) is 0.909. The minimum Gasteiger partial charge on any atom is -0.338 e. The van der Waals surface area contributed by atoms with Crippen LogP contribution in [0.2, 0.25) is 0 Å². The number of carbonyl (C=O) groups is 1. The molecule has 0 spiro atoms. The molecule has 3 rings (SSSR count). The fourth-order valence-corrected chi connectivity index (χ4v) is 4.53. The molecule has 0 unspecified atom stereocenters. The van der Waals surface area contributed by atoms with Gasteiger partial charge in [0.2, 0.25) is 0 Å². The maximum atomic E-state index is 12.8. The van der Waals surface area contributed by atoms with Crippen LogP contribution in [0.3, 0.4) is 0 Å². The van der Waals surface area contributed by atoms with Crippen LogP contribution < -0.4 is 5.32 Å². The van der Waals surface area contributed by atoms with Gasteiger partial charge in [-0.3, -0.25) is 4.79 Å². The van der Waals surface area contributed by atoms with E-state index in [9.17, 15) is 4.79 Å². The second kappa shape index (κ2) is 5.86. The van der Waals surface area contributed by atoms with Crippen molar-refractivity contribution in [1.82, 2.24) is 10.2 Å². The molecule has 0 aromatic carbocycles. The van der Waals surface area contributed by atoms with Crippen LogP contribution in [0.5, 0.6) is 0 Å². The van der Waals surface area contributed by atoms with E-state index in [2.05, 4.69) is 35.5 Å². The van der Waals surface area contributed by atoms with Crippen molar-refractivity contribution in [1.29, 1.82) is 0 Å². The second-order valence-electron chi connectivity index (χ2n) is 6.41. The molecule has 20 heavy (non-hydrogen) atoms. The van der Waals surface area contributed by atoms with Gasteiger partial charge in [0.25, 0.3) is 5.91 Å². The van der Waals surface area contributed by atoms with Crippen molar-refractivity contribution in [3.63, 3.8) is 0 Å². The number of nitrogens with zero attached hydrogens (tertiary/aromatic N) is 1. The number of carbonyl (C=O) groups excluding carboxylic acids is 1. The lowest BCUT2D eigenvalue weighted by Gasteiger charge is -2.21. The highest BCUT2D eigenvalue weighted by Gasteiger charge is 2.32. The standard InChI is InChI=1S/C16H24N2OS/c1-11(2)14-5-8-20-15(14)16(19)18-6-3-12-9-17-10-13(12)4-7-18/h5,8,11-13,17H,3-4,6-7,9-10H2,1-2H3/t12-,13+. The van der Waals surface area contributed by atoms with Crippen molar-refractivity contribution in [3.8, 4) is 0 Å². The van der Waals surface area contributed by atoms with Crippen LogP contribution in [0.4, 0.5) is 0 Å². The topological polar surface area (TPSA) is 32.3 Å². The highest BCUT2D eigenvalue weighted by Crippen LogP contribution is 2.30. The molecule has 1 N–H and O–H groups in total. The molecular formula is C16H24N2OS. The van der Waals surface area contributed by atoms with Crippen molar-refractivity contribution in [2.24, 2.45) is 11.8 Å². The minimum atomic E-state index is 0.261. The van der Waals surface area contributed by atoms with Crippen molar-refractivity contribution in [3.05, 3.63) is 21.9 Å². The Kier molecular flexibility index (Phi) is 4.13. The summed E-state index contributed by atoms with van der Waals surface area (Å²) in [6, 6.07) is 2.11. The zero-order chi connectivity index (χ0) is 14.1. The van der Waals surface area contributed by atoms with E-state index < -0.39 is 0 Å². The highest BCUT2D eigenvalue weighted by molar-refractivity contribution is 7.12. The summed E-state index contributed by atoms with van der Waals surface area (Å²) in [6.07, 6.45) is 2.32. The number of rotatable bonds is 2. The molecular weight excluding hydrogens is 268 g/mol. The van der Waals surface area contributed by atoms with E-state index in [0.29, 0.717) is 5.92 Å². The van der Waals surface area contributed by atoms with E-state index in [1.807, 2.05) is 0 Å². The third-order valence-corrected chi connectivity index (χ3v) is 5.74. The molecule has 0 radical (unpaired) electrons. The van der Waals surface area contributed by atoms with Crippen molar-refractivity contribution in [2.75, 3.05) is 26.2 Å². The first kappa shape index (κ1) is 14.1. The number of amides is 1. The summed E-state index contributed by atoms with van der Waals surface area (Å²) < 4.78 is 0. The number of hydrogen-bond acceptors (Lipinski definition) is 3. The Morgan fingerprint density at radius 1 is 1.30 bits per heavy atom. The smallest absolute Gasteiger partial charge is 0.264 e. The molecule has 2 aliphatic rings. The van der Waals surface area contributed by atoms with Gasteiger partial charge >= 0.3 is 0 Å². The van der Waals surface area contributed by atoms with Gasteiger partial charge in [-0.25, -0.2) is 0 Å². The predicted octanol–water partition coefficient (Wildman–Crippen LogP) is 2.94. The molecule has 2 saturated heterocycles. The van der Waals surface area contributed by atoms with E-state index in [4.69, 9.17) is 0 Å². The molecule has 2 fully saturated rings. The fourth-order valence-electron chi connectivity index (χ4n) is 3.51. The molecule has 3 heterocycles. The summed E-state index contributed by atoms with van der Waals surface area (Å²) in [6.45, 7) is 8.47. The molecule has 1 amide bonds. The zero-order valence-corrected chi connectivity index (χ0v) is 13.2. The lowest BCUT2D eigenvalue weighted by Crippen LogP contribution is -2.32. The van der Waals surface area contributed by atoms with Crippen molar-refractivity contribution in [2.45, 2.75) is 32.6 Å². The summed E-state index contributed by atoms with van der Waals surface area (Å²) in [5.74, 6) is 2.24. The third kappa shape index (κ3) is 2.63. The Morgan fingerprint density at radius 2 is 1.95 bits per heavy atom. The number of likely N-dealkylation sites (tertiary alicyclic amines) is 1. The first-order chi connectivity index (χ1) is 9.66. The lowest BCUT2D eigenvalue weighted by molar-refractivity contribution is 0.0762. The lowest BCUT2D eigenvalue weighted by atomic mass is 9.92. The highest BCUT2D eigenvalue weighted by atomic mass is 32.1. The summed E-state index contributed by atoms with van der Waals surface area (Å²) in [4.78, 5) is 15.8. The van der Waals surface area contributed by atoms with Gasteiger partial charge in [0.15, 0.2) is 0 Å². The average molecular weight is 292 g/mol. The van der Waals surface area contributed by atoms with Gasteiger partial charge in [-0.15, -0.1) is 11.3 Å². The van der Waals surface area contributed by atoms with Crippen LogP contribution in [-0.4, -0.2) is 37.0 Å². The zero-order valence-electron chi connectivity index (χ0n) is 12.4. The van der Waals surface area contributed by atoms with Crippen molar-refractivity contribution >= 4 is 17.2 Å². The molecule has 4 heteroatoms. The molecule has 2 atom stereocenters. The van der Waals surface area contributed by atoms with E-state index in [1.54, 1.807) is 11.3 Å². The Bertz CT molecular complexity index is 469. The molecule has 0 bridgehead atoms. The van der Waals surface area contributed by atoms with Crippen LogP contribution in [0.1, 0.15) is 47.8 Å².